The largest absolute Gasteiger partial charge is 0.252 e. The fraction of sp³-hybridized carbons (Fsp3) is 0.154. The van der Waals surface area contributed by atoms with E-state index in [0.717, 1.165) is 47.1 Å². The first kappa shape index (κ1) is 19.2. The number of aromatic amines is 1. The average Bonchev–Trinajstić information content (AvgIpc) is 3.13. The van der Waals surface area contributed by atoms with Crippen LogP contribution in [0.5, 0.6) is 0 Å². The molecule has 5 heteroatoms. The molecule has 1 fully saturated rings. The van der Waals surface area contributed by atoms with Gasteiger partial charge in [0.2, 0.25) is 5.95 Å². The smallest absolute Gasteiger partial charge is 0.216 e. The summed E-state index contributed by atoms with van der Waals surface area (Å²) in [4.78, 5) is 0. The SMILES string of the molecule is N#Cc1cc(F)ccc1/C(=C(\c1ccccc1)c1ccc2n[nH]c(F)c2c1)C1CCC1. The lowest BCUT2D eigenvalue weighted by atomic mass is 9.72. The van der Waals surface area contributed by atoms with Gasteiger partial charge in [0, 0.05) is 0 Å². The van der Waals surface area contributed by atoms with Crippen LogP contribution in [0.1, 0.15) is 41.5 Å². The fourth-order valence-corrected chi connectivity index (χ4v) is 4.32. The second kappa shape index (κ2) is 7.81. The van der Waals surface area contributed by atoms with E-state index >= 15 is 0 Å². The second-order valence-corrected chi connectivity index (χ2v) is 7.85. The Bertz CT molecular complexity index is 1340. The van der Waals surface area contributed by atoms with Gasteiger partial charge in [0.1, 0.15) is 5.82 Å². The molecule has 3 nitrogen and oxygen atoms in total. The van der Waals surface area contributed by atoms with Gasteiger partial charge >= 0.3 is 0 Å². The van der Waals surface area contributed by atoms with Crippen molar-refractivity contribution in [2.75, 3.05) is 0 Å². The van der Waals surface area contributed by atoms with E-state index in [2.05, 4.69) is 16.3 Å². The Morgan fingerprint density at radius 1 is 0.968 bits per heavy atom. The molecule has 0 atom stereocenters. The molecular weight excluding hydrogens is 392 g/mol. The number of nitriles is 1. The normalized spacial score (nSPS) is 14.7. The molecule has 5 rings (SSSR count). The molecule has 3 aromatic carbocycles. The van der Waals surface area contributed by atoms with Gasteiger partial charge in [0.25, 0.3) is 0 Å². The Kier molecular flexibility index (Phi) is 4.83. The lowest BCUT2D eigenvalue weighted by Gasteiger charge is -2.32. The molecule has 0 amide bonds. The highest BCUT2D eigenvalue weighted by atomic mass is 19.1. The first-order chi connectivity index (χ1) is 15.2. The zero-order valence-electron chi connectivity index (χ0n) is 16.7. The summed E-state index contributed by atoms with van der Waals surface area (Å²) in [7, 11) is 0. The monoisotopic (exact) mass is 411 g/mol. The Morgan fingerprint density at radius 3 is 2.48 bits per heavy atom. The standard InChI is InChI=1S/C26H19F2N3/c27-20-10-11-21(19(13-20)15-29)25(17-7-4-8-17)24(16-5-2-1-3-6-16)18-9-12-23-22(14-18)26(28)31-30-23/h1-3,5-6,9-14,17H,4,7-8H2,(H,30,31)/b25-24+. The van der Waals surface area contributed by atoms with Crippen molar-refractivity contribution in [2.45, 2.75) is 19.3 Å². The predicted octanol–water partition coefficient (Wildman–Crippen LogP) is 6.47. The number of hydrogen-bond donors (Lipinski definition) is 1. The summed E-state index contributed by atoms with van der Waals surface area (Å²) in [6.45, 7) is 0. The van der Waals surface area contributed by atoms with E-state index in [4.69, 9.17) is 0 Å². The maximum Gasteiger partial charge on any atom is 0.216 e. The van der Waals surface area contributed by atoms with Crippen LogP contribution in [0.15, 0.2) is 66.7 Å². The third-order valence-electron chi connectivity index (χ3n) is 6.03. The highest BCUT2D eigenvalue weighted by molar-refractivity contribution is 6.02. The van der Waals surface area contributed by atoms with Crippen LogP contribution >= 0.6 is 0 Å². The van der Waals surface area contributed by atoms with Gasteiger partial charge in [-0.3, -0.25) is 5.10 Å². The highest BCUT2D eigenvalue weighted by Crippen LogP contribution is 2.46. The molecule has 0 aliphatic heterocycles. The molecule has 31 heavy (non-hydrogen) atoms. The first-order valence-electron chi connectivity index (χ1n) is 10.3. The quantitative estimate of drug-likeness (QED) is 0.391. The number of nitrogens with one attached hydrogen (secondary N) is 1. The molecule has 152 valence electrons. The van der Waals surface area contributed by atoms with Gasteiger partial charge in [-0.2, -0.15) is 14.8 Å². The van der Waals surface area contributed by atoms with Crippen molar-refractivity contribution in [1.82, 2.24) is 10.2 Å². The molecule has 1 aliphatic carbocycles. The van der Waals surface area contributed by atoms with E-state index in [1.165, 1.54) is 12.1 Å². The molecule has 0 spiro atoms. The van der Waals surface area contributed by atoms with Crippen LogP contribution < -0.4 is 0 Å². The predicted molar refractivity (Wildman–Crippen MR) is 117 cm³/mol. The van der Waals surface area contributed by atoms with Crippen molar-refractivity contribution in [2.24, 2.45) is 5.92 Å². The van der Waals surface area contributed by atoms with Gasteiger partial charge in [-0.25, -0.2) is 4.39 Å². The van der Waals surface area contributed by atoms with Crippen LogP contribution in [0.25, 0.3) is 22.0 Å². The highest BCUT2D eigenvalue weighted by Gasteiger charge is 2.29. The fourth-order valence-electron chi connectivity index (χ4n) is 4.32. The van der Waals surface area contributed by atoms with Crippen molar-refractivity contribution in [3.63, 3.8) is 0 Å². The molecule has 1 aliphatic rings. The van der Waals surface area contributed by atoms with Crippen LogP contribution in [0.2, 0.25) is 0 Å². The second-order valence-electron chi connectivity index (χ2n) is 7.85. The molecule has 1 saturated carbocycles. The molecule has 0 saturated heterocycles. The molecule has 0 bridgehead atoms. The van der Waals surface area contributed by atoms with Crippen molar-refractivity contribution < 1.29 is 8.78 Å². The topological polar surface area (TPSA) is 52.5 Å². The maximum absolute atomic E-state index is 14.3. The van der Waals surface area contributed by atoms with Crippen molar-refractivity contribution in [3.8, 4) is 6.07 Å². The molecule has 4 aromatic rings. The third-order valence-corrected chi connectivity index (χ3v) is 6.03. The number of nitrogens with zero attached hydrogens (tertiary/aromatic N) is 2. The summed E-state index contributed by atoms with van der Waals surface area (Å²) in [5.41, 5.74) is 5.37. The Balaban J connectivity index is 1.86. The number of fused-ring (bicyclic) bond motifs is 1. The van der Waals surface area contributed by atoms with E-state index in [1.54, 1.807) is 18.2 Å². The molecule has 1 aromatic heterocycles. The van der Waals surface area contributed by atoms with Crippen LogP contribution in [0.3, 0.4) is 0 Å². The number of benzene rings is 3. The molecule has 0 radical (unpaired) electrons. The van der Waals surface area contributed by atoms with Gasteiger partial charge < -0.3 is 0 Å². The Labute approximate surface area is 178 Å². The minimum atomic E-state index is -0.478. The number of rotatable bonds is 4. The molecule has 0 unspecified atom stereocenters. The summed E-state index contributed by atoms with van der Waals surface area (Å²) in [5, 5.41) is 16.5. The van der Waals surface area contributed by atoms with E-state index in [1.807, 2.05) is 36.4 Å². The minimum Gasteiger partial charge on any atom is -0.252 e. The Hall–Kier alpha value is -3.78. The van der Waals surface area contributed by atoms with E-state index in [-0.39, 0.29) is 5.92 Å². The van der Waals surface area contributed by atoms with E-state index in [0.29, 0.717) is 16.5 Å². The summed E-state index contributed by atoms with van der Waals surface area (Å²) in [6.07, 6.45) is 3.10. The van der Waals surface area contributed by atoms with Crippen molar-refractivity contribution in [3.05, 3.63) is 101 Å². The number of aromatic nitrogens is 2. The summed E-state index contributed by atoms with van der Waals surface area (Å²) in [6, 6.07) is 22.0. The zero-order chi connectivity index (χ0) is 21.4. The average molecular weight is 411 g/mol. The first-order valence-corrected chi connectivity index (χ1v) is 10.3. The summed E-state index contributed by atoms with van der Waals surface area (Å²) >= 11 is 0. The number of hydrogen-bond acceptors (Lipinski definition) is 2. The molecular formula is C26H19F2N3. The molecule has 1 N–H and O–H groups in total. The van der Waals surface area contributed by atoms with Gasteiger partial charge in [0.05, 0.1) is 22.5 Å². The maximum atomic E-state index is 14.3. The van der Waals surface area contributed by atoms with Crippen LogP contribution in [-0.4, -0.2) is 10.2 Å². The lowest BCUT2D eigenvalue weighted by Crippen LogP contribution is -2.16. The van der Waals surface area contributed by atoms with Gasteiger partial charge in [-0.1, -0.05) is 48.9 Å². The van der Waals surface area contributed by atoms with Gasteiger partial charge in [-0.15, -0.1) is 0 Å². The van der Waals surface area contributed by atoms with E-state index in [9.17, 15) is 14.0 Å². The lowest BCUT2D eigenvalue weighted by molar-refractivity contribution is 0.401. The van der Waals surface area contributed by atoms with Crippen LogP contribution in [0.4, 0.5) is 8.78 Å². The summed E-state index contributed by atoms with van der Waals surface area (Å²) in [5.74, 6) is -0.664. The number of halogens is 2. The third kappa shape index (κ3) is 3.40. The minimum absolute atomic E-state index is 0.248. The Morgan fingerprint density at radius 2 is 1.77 bits per heavy atom. The number of allylic oxidation sites excluding steroid dienone is 1. The zero-order valence-corrected chi connectivity index (χ0v) is 16.7. The van der Waals surface area contributed by atoms with Crippen LogP contribution in [-0.2, 0) is 0 Å². The van der Waals surface area contributed by atoms with Gasteiger partial charge in [0.15, 0.2) is 0 Å². The number of H-pyrrole nitrogens is 1. The van der Waals surface area contributed by atoms with Gasteiger partial charge in [-0.05, 0) is 70.9 Å². The molecule has 1 heterocycles. The van der Waals surface area contributed by atoms with E-state index < -0.39 is 11.8 Å². The van der Waals surface area contributed by atoms with Crippen LogP contribution in [0, 0.1) is 29.0 Å². The van der Waals surface area contributed by atoms with Crippen molar-refractivity contribution in [1.29, 1.82) is 5.26 Å². The summed E-state index contributed by atoms with van der Waals surface area (Å²) < 4.78 is 28.2. The van der Waals surface area contributed by atoms with Crippen molar-refractivity contribution >= 4 is 22.0 Å².